The largest absolute Gasteiger partial charge is 0.416 e. The van der Waals surface area contributed by atoms with Gasteiger partial charge in [-0.25, -0.2) is 0 Å². The van der Waals surface area contributed by atoms with E-state index in [0.717, 1.165) is 6.42 Å². The topological polar surface area (TPSA) is 72.7 Å². The number of hydrogen-bond donors (Lipinski definition) is 0. The molecule has 1 aliphatic heterocycles. The molecule has 0 spiro atoms. The first-order chi connectivity index (χ1) is 11.0. The molecule has 1 saturated heterocycles. The lowest BCUT2D eigenvalue weighted by molar-refractivity contribution is -0.384. The number of non-ortho nitro benzene ring substituents is 1. The first-order valence-electron chi connectivity index (χ1n) is 8.22. The van der Waals surface area contributed by atoms with Crippen LogP contribution in [0, 0.1) is 10.1 Å². The van der Waals surface area contributed by atoms with Crippen molar-refractivity contribution in [3.63, 3.8) is 0 Å². The van der Waals surface area contributed by atoms with E-state index in [9.17, 15) is 14.9 Å². The van der Waals surface area contributed by atoms with Gasteiger partial charge in [0.1, 0.15) is 0 Å². The van der Waals surface area contributed by atoms with Gasteiger partial charge in [-0.05, 0) is 37.4 Å². The Morgan fingerprint density at radius 3 is 2.29 bits per heavy atom. The maximum Gasteiger partial charge on any atom is 0.269 e. The highest BCUT2D eigenvalue weighted by Crippen LogP contribution is 2.36. The van der Waals surface area contributed by atoms with Gasteiger partial charge in [-0.2, -0.15) is 0 Å². The van der Waals surface area contributed by atoms with Crippen LogP contribution in [0.2, 0.25) is 5.04 Å². The predicted octanol–water partition coefficient (Wildman–Crippen LogP) is 3.19. The number of carbonyl (C=O) groups excluding carboxylic acids is 1. The van der Waals surface area contributed by atoms with Crippen LogP contribution in [0.1, 0.15) is 47.5 Å². The smallest absolute Gasteiger partial charge is 0.269 e. The Morgan fingerprint density at radius 2 is 1.79 bits per heavy atom. The predicted molar refractivity (Wildman–Crippen MR) is 97.0 cm³/mol. The van der Waals surface area contributed by atoms with E-state index in [2.05, 4.69) is 20.8 Å². The third kappa shape index (κ3) is 4.21. The van der Waals surface area contributed by atoms with E-state index in [-0.39, 0.29) is 22.7 Å². The second kappa shape index (κ2) is 6.64. The fourth-order valence-corrected chi connectivity index (χ4v) is 3.90. The minimum absolute atomic E-state index is 0.0256. The Morgan fingerprint density at radius 1 is 1.21 bits per heavy atom. The average molecular weight is 350 g/mol. The van der Waals surface area contributed by atoms with Crippen molar-refractivity contribution in [1.29, 1.82) is 0 Å². The highest BCUT2D eigenvalue weighted by molar-refractivity contribution is 6.31. The van der Waals surface area contributed by atoms with Crippen LogP contribution >= 0.6 is 0 Å². The molecule has 1 aromatic rings. The SMILES string of the molecule is CC(C)(C)[SiH2]OC(C)(C)[C@H]1CCC(=O)N1c1ccc([N+](=O)[O-])cc1. The van der Waals surface area contributed by atoms with Crippen molar-refractivity contribution >= 4 is 27.0 Å². The molecule has 24 heavy (non-hydrogen) atoms. The van der Waals surface area contributed by atoms with E-state index in [4.69, 9.17) is 4.43 Å². The molecular formula is C17H26N2O4Si. The molecular weight excluding hydrogens is 324 g/mol. The maximum atomic E-state index is 12.4. The zero-order valence-corrected chi connectivity index (χ0v) is 16.4. The van der Waals surface area contributed by atoms with Gasteiger partial charge < -0.3 is 9.33 Å². The number of benzene rings is 1. The number of amides is 1. The summed E-state index contributed by atoms with van der Waals surface area (Å²) < 4.78 is 6.28. The third-order valence-electron chi connectivity index (χ3n) is 4.23. The minimum atomic E-state index is -0.752. The molecule has 1 fully saturated rings. The fourth-order valence-electron chi connectivity index (χ4n) is 2.90. The van der Waals surface area contributed by atoms with E-state index >= 15 is 0 Å². The average Bonchev–Trinajstić information content (AvgIpc) is 2.87. The molecule has 1 atom stereocenters. The zero-order valence-electron chi connectivity index (χ0n) is 15.0. The van der Waals surface area contributed by atoms with Crippen molar-refractivity contribution < 1.29 is 14.1 Å². The first kappa shape index (κ1) is 18.6. The summed E-state index contributed by atoms with van der Waals surface area (Å²) in [5, 5.41) is 11.0. The van der Waals surface area contributed by atoms with Crippen LogP contribution in [0.5, 0.6) is 0 Å². The van der Waals surface area contributed by atoms with Gasteiger partial charge in [-0.15, -0.1) is 0 Å². The van der Waals surface area contributed by atoms with Crippen molar-refractivity contribution in [2.45, 2.75) is 64.1 Å². The number of anilines is 1. The molecule has 0 N–H and O–H groups in total. The van der Waals surface area contributed by atoms with Gasteiger partial charge in [0.05, 0.1) is 16.6 Å². The van der Waals surface area contributed by atoms with Crippen LogP contribution in [-0.4, -0.2) is 32.2 Å². The molecule has 0 unspecified atom stereocenters. The normalized spacial score (nSPS) is 19.5. The van der Waals surface area contributed by atoms with Crippen LogP contribution in [-0.2, 0) is 9.22 Å². The zero-order chi connectivity index (χ0) is 18.1. The summed E-state index contributed by atoms with van der Waals surface area (Å²) in [6.07, 6.45) is 1.22. The molecule has 1 amide bonds. The summed E-state index contributed by atoms with van der Waals surface area (Å²) in [6.45, 7) is 10.6. The van der Waals surface area contributed by atoms with Gasteiger partial charge in [0, 0.05) is 24.2 Å². The van der Waals surface area contributed by atoms with E-state index in [0.29, 0.717) is 12.1 Å². The quantitative estimate of drug-likeness (QED) is 0.464. The van der Waals surface area contributed by atoms with Crippen LogP contribution in [0.15, 0.2) is 24.3 Å². The lowest BCUT2D eigenvalue weighted by atomic mass is 9.96. The molecule has 0 radical (unpaired) electrons. The number of rotatable bonds is 5. The van der Waals surface area contributed by atoms with Gasteiger partial charge in [0.2, 0.25) is 5.91 Å². The second-order valence-electron chi connectivity index (χ2n) is 8.04. The number of carbonyl (C=O) groups is 1. The van der Waals surface area contributed by atoms with Crippen molar-refractivity contribution in [2.75, 3.05) is 4.90 Å². The van der Waals surface area contributed by atoms with Crippen molar-refractivity contribution in [3.05, 3.63) is 34.4 Å². The van der Waals surface area contributed by atoms with Gasteiger partial charge >= 0.3 is 0 Å². The molecule has 0 saturated carbocycles. The van der Waals surface area contributed by atoms with E-state index < -0.39 is 20.3 Å². The molecule has 0 aliphatic carbocycles. The number of nitro groups is 1. The van der Waals surface area contributed by atoms with Crippen LogP contribution in [0.4, 0.5) is 11.4 Å². The Labute approximate surface area is 145 Å². The van der Waals surface area contributed by atoms with Crippen LogP contribution < -0.4 is 4.90 Å². The number of nitrogens with zero attached hydrogens (tertiary/aromatic N) is 2. The summed E-state index contributed by atoms with van der Waals surface area (Å²) in [5.74, 6) is 0.0444. The van der Waals surface area contributed by atoms with Gasteiger partial charge in [-0.3, -0.25) is 14.9 Å². The maximum absolute atomic E-state index is 12.4. The van der Waals surface area contributed by atoms with Crippen molar-refractivity contribution in [3.8, 4) is 0 Å². The Hall–Kier alpha value is -1.73. The lowest BCUT2D eigenvalue weighted by Crippen LogP contribution is -2.50. The second-order valence-corrected chi connectivity index (χ2v) is 10.7. The highest BCUT2D eigenvalue weighted by atomic mass is 28.2. The van der Waals surface area contributed by atoms with Crippen LogP contribution in [0.3, 0.4) is 0 Å². The highest BCUT2D eigenvalue weighted by Gasteiger charge is 2.43. The summed E-state index contributed by atoms with van der Waals surface area (Å²) >= 11 is 0. The van der Waals surface area contributed by atoms with Gasteiger partial charge in [0.25, 0.3) is 5.69 Å². The fraction of sp³-hybridized carbons (Fsp3) is 0.588. The summed E-state index contributed by atoms with van der Waals surface area (Å²) in [6, 6.07) is 6.12. The molecule has 2 rings (SSSR count). The molecule has 1 heterocycles. The molecule has 0 aromatic heterocycles. The molecule has 1 aliphatic rings. The summed E-state index contributed by atoms with van der Waals surface area (Å²) in [4.78, 5) is 24.5. The molecule has 1 aromatic carbocycles. The lowest BCUT2D eigenvalue weighted by Gasteiger charge is -2.39. The van der Waals surface area contributed by atoms with Crippen molar-refractivity contribution in [2.24, 2.45) is 0 Å². The van der Waals surface area contributed by atoms with E-state index in [1.54, 1.807) is 17.0 Å². The standard InChI is InChI=1S/C17H26N2O4Si/c1-16(2,3)24-23-17(4,5)14-10-11-15(20)18(14)12-6-8-13(9-7-12)19(21)22/h6-9,14H,10-11,24H2,1-5H3/t14-/m1/s1. The Bertz CT molecular complexity index is 622. The molecule has 132 valence electrons. The van der Waals surface area contributed by atoms with Gasteiger partial charge in [0.15, 0.2) is 9.76 Å². The van der Waals surface area contributed by atoms with Crippen LogP contribution in [0.25, 0.3) is 0 Å². The molecule has 0 bridgehead atoms. The van der Waals surface area contributed by atoms with E-state index in [1.807, 2.05) is 13.8 Å². The molecule has 6 nitrogen and oxygen atoms in total. The number of hydrogen-bond acceptors (Lipinski definition) is 4. The Kier molecular flexibility index (Phi) is 5.15. The summed E-state index contributed by atoms with van der Waals surface area (Å²) in [7, 11) is -0.752. The molecule has 7 heteroatoms. The van der Waals surface area contributed by atoms with E-state index in [1.165, 1.54) is 12.1 Å². The van der Waals surface area contributed by atoms with Gasteiger partial charge in [-0.1, -0.05) is 20.8 Å². The monoisotopic (exact) mass is 350 g/mol. The van der Waals surface area contributed by atoms with Crippen molar-refractivity contribution in [1.82, 2.24) is 0 Å². The Balaban J connectivity index is 2.23. The first-order valence-corrected chi connectivity index (χ1v) is 9.50. The number of nitro benzene ring substituents is 1. The third-order valence-corrected chi connectivity index (χ3v) is 5.98. The summed E-state index contributed by atoms with van der Waals surface area (Å²) in [5.41, 5.74) is 0.285. The minimum Gasteiger partial charge on any atom is -0.416 e.